The molecule has 0 saturated heterocycles. The number of amides is 1. The van der Waals surface area contributed by atoms with Crippen molar-refractivity contribution in [2.24, 2.45) is 0 Å². The highest BCUT2D eigenvalue weighted by atomic mass is 79.9. The van der Waals surface area contributed by atoms with Gasteiger partial charge in [0.25, 0.3) is 0 Å². The van der Waals surface area contributed by atoms with E-state index in [0.29, 0.717) is 12.6 Å². The Balaban J connectivity index is 1.90. The Labute approximate surface area is 134 Å². The van der Waals surface area contributed by atoms with Gasteiger partial charge in [-0.1, -0.05) is 22.4 Å². The van der Waals surface area contributed by atoms with Gasteiger partial charge in [-0.2, -0.15) is 0 Å². The van der Waals surface area contributed by atoms with Crippen LogP contribution in [0.2, 0.25) is 0 Å². The number of nitrogens with zero attached hydrogens (tertiary/aromatic N) is 1. The fourth-order valence-electron chi connectivity index (χ4n) is 2.52. The number of rotatable bonds is 7. The predicted molar refractivity (Wildman–Crippen MR) is 88.4 cm³/mol. The van der Waals surface area contributed by atoms with E-state index < -0.39 is 0 Å². The van der Waals surface area contributed by atoms with Gasteiger partial charge in [0, 0.05) is 29.4 Å². The largest absolute Gasteiger partial charge is 0.396 e. The standard InChI is InChI=1S/C16H23BrN2O2/c1-12-10-13(6-7-15(12)17)18-16(21)11-19(8-3-9-20)14-4-2-5-14/h6-7,10,14,20H,2-5,8-9,11H2,1H3,(H,18,21). The molecule has 2 N–H and O–H groups in total. The van der Waals surface area contributed by atoms with Gasteiger partial charge in [-0.3, -0.25) is 9.69 Å². The lowest BCUT2D eigenvalue weighted by Gasteiger charge is -2.37. The average Bonchev–Trinajstić information content (AvgIpc) is 2.38. The van der Waals surface area contributed by atoms with Crippen LogP contribution in [0.25, 0.3) is 0 Å². The molecular formula is C16H23BrN2O2. The highest BCUT2D eigenvalue weighted by Gasteiger charge is 2.26. The molecule has 21 heavy (non-hydrogen) atoms. The number of hydrogen-bond acceptors (Lipinski definition) is 3. The van der Waals surface area contributed by atoms with Gasteiger partial charge in [0.1, 0.15) is 0 Å². The molecule has 1 aromatic rings. The minimum absolute atomic E-state index is 0.0153. The second-order valence-electron chi connectivity index (χ2n) is 5.64. The zero-order valence-electron chi connectivity index (χ0n) is 12.4. The summed E-state index contributed by atoms with van der Waals surface area (Å²) in [6.45, 7) is 3.37. The van der Waals surface area contributed by atoms with E-state index in [0.717, 1.165) is 41.5 Å². The van der Waals surface area contributed by atoms with E-state index in [-0.39, 0.29) is 12.5 Å². The molecule has 1 aliphatic rings. The van der Waals surface area contributed by atoms with Gasteiger partial charge in [0.15, 0.2) is 0 Å². The van der Waals surface area contributed by atoms with Crippen molar-refractivity contribution in [3.8, 4) is 0 Å². The van der Waals surface area contributed by atoms with Crippen LogP contribution < -0.4 is 5.32 Å². The highest BCUT2D eigenvalue weighted by Crippen LogP contribution is 2.25. The first-order valence-corrected chi connectivity index (χ1v) is 8.30. The smallest absolute Gasteiger partial charge is 0.238 e. The van der Waals surface area contributed by atoms with Crippen molar-refractivity contribution >= 4 is 27.5 Å². The number of aliphatic hydroxyl groups is 1. The highest BCUT2D eigenvalue weighted by molar-refractivity contribution is 9.10. The number of carbonyl (C=O) groups is 1. The number of aryl methyl sites for hydroxylation is 1. The maximum Gasteiger partial charge on any atom is 0.238 e. The summed E-state index contributed by atoms with van der Waals surface area (Å²) in [5, 5.41) is 11.9. The number of nitrogens with one attached hydrogen (secondary N) is 1. The lowest BCUT2D eigenvalue weighted by molar-refractivity contribution is -0.118. The minimum Gasteiger partial charge on any atom is -0.396 e. The van der Waals surface area contributed by atoms with Gasteiger partial charge < -0.3 is 10.4 Å². The average molecular weight is 355 g/mol. The molecule has 1 aromatic carbocycles. The number of halogens is 1. The molecule has 0 aromatic heterocycles. The van der Waals surface area contributed by atoms with Crippen molar-refractivity contribution in [1.82, 2.24) is 4.90 Å². The summed E-state index contributed by atoms with van der Waals surface area (Å²) in [6.07, 6.45) is 4.29. The molecule has 1 amide bonds. The number of carbonyl (C=O) groups excluding carboxylic acids is 1. The second-order valence-corrected chi connectivity index (χ2v) is 6.50. The maximum atomic E-state index is 12.2. The molecule has 0 bridgehead atoms. The van der Waals surface area contributed by atoms with Crippen LogP contribution in [0, 0.1) is 6.92 Å². The van der Waals surface area contributed by atoms with Gasteiger partial charge >= 0.3 is 0 Å². The Hall–Kier alpha value is -0.910. The molecule has 0 spiro atoms. The monoisotopic (exact) mass is 354 g/mol. The molecule has 1 saturated carbocycles. The molecule has 0 unspecified atom stereocenters. The van der Waals surface area contributed by atoms with Crippen LogP contribution in [-0.4, -0.2) is 41.7 Å². The summed E-state index contributed by atoms with van der Waals surface area (Å²) in [7, 11) is 0. The summed E-state index contributed by atoms with van der Waals surface area (Å²) in [5.41, 5.74) is 1.93. The van der Waals surface area contributed by atoms with E-state index >= 15 is 0 Å². The van der Waals surface area contributed by atoms with Gasteiger partial charge in [0.2, 0.25) is 5.91 Å². The van der Waals surface area contributed by atoms with Crippen molar-refractivity contribution < 1.29 is 9.90 Å². The van der Waals surface area contributed by atoms with Gasteiger partial charge in [-0.05, 0) is 49.9 Å². The SMILES string of the molecule is Cc1cc(NC(=O)CN(CCCO)C2CCC2)ccc1Br. The minimum atomic E-state index is 0.0153. The molecule has 2 rings (SSSR count). The van der Waals surface area contributed by atoms with Gasteiger partial charge in [-0.25, -0.2) is 0 Å². The number of aliphatic hydroxyl groups excluding tert-OH is 1. The number of hydrogen-bond donors (Lipinski definition) is 2. The topological polar surface area (TPSA) is 52.6 Å². The molecule has 0 aliphatic heterocycles. The van der Waals surface area contributed by atoms with E-state index in [4.69, 9.17) is 5.11 Å². The van der Waals surface area contributed by atoms with Crippen molar-refractivity contribution in [3.05, 3.63) is 28.2 Å². The van der Waals surface area contributed by atoms with Crippen LogP contribution in [0.5, 0.6) is 0 Å². The third-order valence-corrected chi connectivity index (χ3v) is 4.87. The van der Waals surface area contributed by atoms with Crippen molar-refractivity contribution in [2.45, 2.75) is 38.6 Å². The normalized spacial score (nSPS) is 15.0. The quantitative estimate of drug-likeness (QED) is 0.791. The lowest BCUT2D eigenvalue weighted by atomic mass is 9.91. The Morgan fingerprint density at radius 1 is 1.48 bits per heavy atom. The molecule has 0 atom stereocenters. The summed E-state index contributed by atoms with van der Waals surface area (Å²) < 4.78 is 1.04. The Bertz CT molecular complexity index is 489. The first-order chi connectivity index (χ1) is 10.1. The summed E-state index contributed by atoms with van der Waals surface area (Å²) >= 11 is 3.46. The van der Waals surface area contributed by atoms with Crippen LogP contribution in [0.4, 0.5) is 5.69 Å². The first-order valence-electron chi connectivity index (χ1n) is 7.51. The van der Waals surface area contributed by atoms with E-state index in [1.807, 2.05) is 25.1 Å². The van der Waals surface area contributed by atoms with Crippen molar-refractivity contribution in [1.29, 1.82) is 0 Å². The maximum absolute atomic E-state index is 12.2. The van der Waals surface area contributed by atoms with Crippen LogP contribution in [0.3, 0.4) is 0 Å². The Kier molecular flexibility index (Phi) is 6.21. The van der Waals surface area contributed by atoms with Gasteiger partial charge in [-0.15, -0.1) is 0 Å². The number of benzene rings is 1. The second kappa shape index (κ2) is 7.92. The lowest BCUT2D eigenvalue weighted by Crippen LogP contribution is -2.45. The van der Waals surface area contributed by atoms with Crippen LogP contribution in [0.1, 0.15) is 31.2 Å². The third-order valence-electron chi connectivity index (χ3n) is 3.98. The Morgan fingerprint density at radius 2 is 2.24 bits per heavy atom. The zero-order chi connectivity index (χ0) is 15.2. The molecule has 5 heteroatoms. The third kappa shape index (κ3) is 4.80. The van der Waals surface area contributed by atoms with E-state index in [2.05, 4.69) is 26.1 Å². The Morgan fingerprint density at radius 3 is 2.81 bits per heavy atom. The molecule has 1 fully saturated rings. The molecule has 4 nitrogen and oxygen atoms in total. The predicted octanol–water partition coefficient (Wildman–Crippen LogP) is 2.93. The van der Waals surface area contributed by atoms with Crippen molar-refractivity contribution in [3.63, 3.8) is 0 Å². The van der Waals surface area contributed by atoms with Crippen LogP contribution in [-0.2, 0) is 4.79 Å². The molecule has 1 aliphatic carbocycles. The zero-order valence-corrected chi connectivity index (χ0v) is 14.0. The molecular weight excluding hydrogens is 332 g/mol. The molecule has 0 radical (unpaired) electrons. The fraction of sp³-hybridized carbons (Fsp3) is 0.562. The summed E-state index contributed by atoms with van der Waals surface area (Å²) in [4.78, 5) is 14.4. The summed E-state index contributed by atoms with van der Waals surface area (Å²) in [5.74, 6) is 0.0153. The summed E-state index contributed by atoms with van der Waals surface area (Å²) in [6, 6.07) is 6.31. The first kappa shape index (κ1) is 16.5. The van der Waals surface area contributed by atoms with Gasteiger partial charge in [0.05, 0.1) is 6.54 Å². The van der Waals surface area contributed by atoms with Crippen LogP contribution in [0.15, 0.2) is 22.7 Å². The number of anilines is 1. The van der Waals surface area contributed by atoms with E-state index in [1.54, 1.807) is 0 Å². The molecule has 116 valence electrons. The van der Waals surface area contributed by atoms with Crippen molar-refractivity contribution in [2.75, 3.05) is 25.0 Å². The fourth-order valence-corrected chi connectivity index (χ4v) is 2.77. The molecule has 0 heterocycles. The van der Waals surface area contributed by atoms with Crippen LogP contribution >= 0.6 is 15.9 Å². The van der Waals surface area contributed by atoms with E-state index in [9.17, 15) is 4.79 Å². The van der Waals surface area contributed by atoms with E-state index in [1.165, 1.54) is 6.42 Å².